The third-order valence-electron chi connectivity index (χ3n) is 2.00. The van der Waals surface area contributed by atoms with Gasteiger partial charge < -0.3 is 5.73 Å². The first-order valence-corrected chi connectivity index (χ1v) is 5.77. The molecule has 0 aliphatic carbocycles. The molecule has 0 spiro atoms. The van der Waals surface area contributed by atoms with Crippen LogP contribution >= 0.6 is 23.6 Å². The molecule has 2 aromatic rings. The van der Waals surface area contributed by atoms with Gasteiger partial charge in [-0.3, -0.25) is 4.57 Å². The predicted molar refractivity (Wildman–Crippen MR) is 62.4 cm³/mol. The van der Waals surface area contributed by atoms with Crippen molar-refractivity contribution < 1.29 is 0 Å². The van der Waals surface area contributed by atoms with E-state index in [0.29, 0.717) is 17.3 Å². The average Bonchev–Trinajstić information content (AvgIpc) is 2.73. The predicted octanol–water partition coefficient (Wildman–Crippen LogP) is 1.53. The van der Waals surface area contributed by atoms with Crippen LogP contribution in [0.2, 0.25) is 0 Å². The van der Waals surface area contributed by atoms with E-state index in [2.05, 4.69) is 15.2 Å². The number of aryl methyl sites for hydroxylation is 2. The van der Waals surface area contributed by atoms with E-state index in [1.807, 2.05) is 12.3 Å². The highest BCUT2D eigenvalue weighted by Crippen LogP contribution is 2.11. The van der Waals surface area contributed by atoms with E-state index in [4.69, 9.17) is 18.0 Å². The quantitative estimate of drug-likeness (QED) is 0.799. The highest BCUT2D eigenvalue weighted by Gasteiger charge is 2.03. The van der Waals surface area contributed by atoms with E-state index in [9.17, 15) is 0 Å². The summed E-state index contributed by atoms with van der Waals surface area (Å²) in [5, 5.41) is 9.62. The molecule has 80 valence electrons. The molecule has 0 fully saturated rings. The second-order valence-electron chi connectivity index (χ2n) is 3.17. The lowest BCUT2D eigenvalue weighted by molar-refractivity contribution is 0.690. The fourth-order valence-corrected chi connectivity index (χ4v) is 2.27. The summed E-state index contributed by atoms with van der Waals surface area (Å²) in [5.74, 6) is 0.424. The minimum atomic E-state index is 0.424. The molecule has 0 aliphatic rings. The number of hydrogen-bond donors (Lipinski definition) is 2. The average molecular weight is 241 g/mol. The summed E-state index contributed by atoms with van der Waals surface area (Å²) in [4.78, 5) is 4.37. The van der Waals surface area contributed by atoms with E-state index in [0.717, 1.165) is 17.1 Å². The van der Waals surface area contributed by atoms with Crippen LogP contribution < -0.4 is 5.73 Å². The standard InChI is InChI=1S/C8H11N5S2/c1-5-4-15-6(10-5)2-3-13-7(9)11-12-8(13)14/h4H,2-3H2,1H3,(H2,9,11)(H,12,14). The number of nitrogens with one attached hydrogen (secondary N) is 1. The minimum absolute atomic E-state index is 0.424. The van der Waals surface area contributed by atoms with E-state index < -0.39 is 0 Å². The molecular formula is C8H11N5S2. The Morgan fingerprint density at radius 1 is 1.67 bits per heavy atom. The summed E-state index contributed by atoms with van der Waals surface area (Å²) in [6, 6.07) is 0. The molecule has 2 rings (SSSR count). The Bertz CT molecular complexity index is 509. The Hall–Kier alpha value is -1.21. The summed E-state index contributed by atoms with van der Waals surface area (Å²) in [6.45, 7) is 2.70. The zero-order valence-corrected chi connectivity index (χ0v) is 9.86. The molecule has 7 heteroatoms. The van der Waals surface area contributed by atoms with Crippen LogP contribution in [0.4, 0.5) is 5.95 Å². The monoisotopic (exact) mass is 241 g/mol. The molecule has 2 aromatic heterocycles. The van der Waals surface area contributed by atoms with Crippen molar-refractivity contribution in [3.63, 3.8) is 0 Å². The van der Waals surface area contributed by atoms with Gasteiger partial charge in [-0.2, -0.15) is 0 Å². The minimum Gasteiger partial charge on any atom is -0.368 e. The van der Waals surface area contributed by atoms with Crippen LogP contribution in [0.3, 0.4) is 0 Å². The zero-order chi connectivity index (χ0) is 10.8. The number of rotatable bonds is 3. The molecule has 15 heavy (non-hydrogen) atoms. The van der Waals surface area contributed by atoms with Gasteiger partial charge in [-0.05, 0) is 19.1 Å². The molecular weight excluding hydrogens is 230 g/mol. The van der Waals surface area contributed by atoms with Crippen molar-refractivity contribution in [1.29, 1.82) is 0 Å². The van der Waals surface area contributed by atoms with E-state index in [-0.39, 0.29) is 0 Å². The number of nitrogens with zero attached hydrogens (tertiary/aromatic N) is 3. The topological polar surface area (TPSA) is 72.5 Å². The first kappa shape index (κ1) is 10.3. The van der Waals surface area contributed by atoms with Crippen LogP contribution in [-0.4, -0.2) is 19.7 Å². The molecule has 3 N–H and O–H groups in total. The van der Waals surface area contributed by atoms with Gasteiger partial charge in [0.1, 0.15) is 0 Å². The van der Waals surface area contributed by atoms with E-state index >= 15 is 0 Å². The smallest absolute Gasteiger partial charge is 0.220 e. The maximum atomic E-state index is 5.65. The SMILES string of the molecule is Cc1csc(CCn2c(N)n[nH]c2=S)n1. The number of aromatic amines is 1. The van der Waals surface area contributed by atoms with Gasteiger partial charge in [0.25, 0.3) is 0 Å². The first-order valence-electron chi connectivity index (χ1n) is 4.48. The molecule has 0 aliphatic heterocycles. The zero-order valence-electron chi connectivity index (χ0n) is 8.23. The van der Waals surface area contributed by atoms with Gasteiger partial charge in [-0.25, -0.2) is 10.1 Å². The fourth-order valence-electron chi connectivity index (χ4n) is 1.27. The number of anilines is 1. The molecule has 2 heterocycles. The van der Waals surface area contributed by atoms with Gasteiger partial charge in [0.2, 0.25) is 5.95 Å². The van der Waals surface area contributed by atoms with Gasteiger partial charge >= 0.3 is 0 Å². The highest BCUT2D eigenvalue weighted by atomic mass is 32.1. The van der Waals surface area contributed by atoms with Crippen molar-refractivity contribution in [2.45, 2.75) is 19.9 Å². The fraction of sp³-hybridized carbons (Fsp3) is 0.375. The van der Waals surface area contributed by atoms with Gasteiger partial charge in [0, 0.05) is 24.0 Å². The summed E-state index contributed by atoms with van der Waals surface area (Å²) in [5.41, 5.74) is 6.70. The van der Waals surface area contributed by atoms with Crippen LogP contribution in [0.15, 0.2) is 5.38 Å². The Labute approximate surface area is 96.0 Å². The Kier molecular flexibility index (Phi) is 2.83. The lowest BCUT2D eigenvalue weighted by atomic mass is 10.4. The van der Waals surface area contributed by atoms with Crippen molar-refractivity contribution >= 4 is 29.5 Å². The lowest BCUT2D eigenvalue weighted by Gasteiger charge is -2.00. The number of aromatic nitrogens is 4. The van der Waals surface area contributed by atoms with Gasteiger partial charge in [-0.15, -0.1) is 16.4 Å². The molecule has 0 saturated heterocycles. The second-order valence-corrected chi connectivity index (χ2v) is 4.50. The molecule has 0 radical (unpaired) electrons. The largest absolute Gasteiger partial charge is 0.368 e. The Morgan fingerprint density at radius 3 is 3.00 bits per heavy atom. The van der Waals surface area contributed by atoms with Crippen LogP contribution in [0.5, 0.6) is 0 Å². The van der Waals surface area contributed by atoms with Crippen LogP contribution in [0.1, 0.15) is 10.7 Å². The molecule has 0 bridgehead atoms. The molecule has 0 atom stereocenters. The number of nitrogens with two attached hydrogens (primary N) is 1. The molecule has 0 saturated carbocycles. The lowest BCUT2D eigenvalue weighted by Crippen LogP contribution is -2.05. The van der Waals surface area contributed by atoms with Gasteiger partial charge in [0.15, 0.2) is 4.77 Å². The summed E-state index contributed by atoms with van der Waals surface area (Å²) >= 11 is 6.69. The van der Waals surface area contributed by atoms with E-state index in [1.165, 1.54) is 0 Å². The summed E-state index contributed by atoms with van der Waals surface area (Å²) < 4.78 is 2.33. The van der Waals surface area contributed by atoms with Gasteiger partial charge in [-0.1, -0.05) is 0 Å². The summed E-state index contributed by atoms with van der Waals surface area (Å²) in [6.07, 6.45) is 0.830. The van der Waals surface area contributed by atoms with Crippen molar-refractivity contribution in [1.82, 2.24) is 19.7 Å². The maximum absolute atomic E-state index is 5.65. The van der Waals surface area contributed by atoms with Crippen molar-refractivity contribution in [2.24, 2.45) is 0 Å². The number of hydrogen-bond acceptors (Lipinski definition) is 5. The van der Waals surface area contributed by atoms with Crippen LogP contribution in [0, 0.1) is 11.7 Å². The number of thiazole rings is 1. The molecule has 0 unspecified atom stereocenters. The van der Waals surface area contributed by atoms with Crippen LogP contribution in [-0.2, 0) is 13.0 Å². The molecule has 0 amide bonds. The highest BCUT2D eigenvalue weighted by molar-refractivity contribution is 7.71. The third kappa shape index (κ3) is 2.24. The number of H-pyrrole nitrogens is 1. The van der Waals surface area contributed by atoms with E-state index in [1.54, 1.807) is 15.9 Å². The molecule has 5 nitrogen and oxygen atoms in total. The van der Waals surface area contributed by atoms with Crippen molar-refractivity contribution in [2.75, 3.05) is 5.73 Å². The Morgan fingerprint density at radius 2 is 2.47 bits per heavy atom. The van der Waals surface area contributed by atoms with Gasteiger partial charge in [0.05, 0.1) is 5.01 Å². The Balaban J connectivity index is 2.08. The molecule has 0 aromatic carbocycles. The normalized spacial score (nSPS) is 10.7. The van der Waals surface area contributed by atoms with Crippen molar-refractivity contribution in [3.05, 3.63) is 20.9 Å². The van der Waals surface area contributed by atoms with Crippen molar-refractivity contribution in [3.8, 4) is 0 Å². The number of nitrogen functional groups attached to an aromatic ring is 1. The maximum Gasteiger partial charge on any atom is 0.220 e. The first-order chi connectivity index (χ1) is 7.16. The summed E-state index contributed by atoms with van der Waals surface area (Å²) in [7, 11) is 0. The van der Waals surface area contributed by atoms with Crippen LogP contribution in [0.25, 0.3) is 0 Å². The third-order valence-corrected chi connectivity index (χ3v) is 3.34. The second kappa shape index (κ2) is 4.11.